The van der Waals surface area contributed by atoms with Crippen LogP contribution in [0.5, 0.6) is 0 Å². The standard InChI is InChI=1S/C18H19N3O2S/c1-13-10-16(7-6-15(13)11-19)24(22,23)21-12-18-17-5-3-2-4-14(17)8-9-20-18/h2-7,10,18,20-21H,8-9,12H2,1H3. The maximum absolute atomic E-state index is 12.5. The Morgan fingerprint density at radius 3 is 2.83 bits per heavy atom. The average Bonchev–Trinajstić information content (AvgIpc) is 2.60. The molecular weight excluding hydrogens is 322 g/mol. The van der Waals surface area contributed by atoms with Gasteiger partial charge in [-0.1, -0.05) is 24.3 Å². The fourth-order valence-electron chi connectivity index (χ4n) is 2.98. The van der Waals surface area contributed by atoms with Gasteiger partial charge in [0.25, 0.3) is 0 Å². The first-order valence-electron chi connectivity index (χ1n) is 7.83. The van der Waals surface area contributed by atoms with E-state index in [0.717, 1.165) is 18.5 Å². The summed E-state index contributed by atoms with van der Waals surface area (Å²) in [6, 6.07) is 14.6. The van der Waals surface area contributed by atoms with Gasteiger partial charge >= 0.3 is 0 Å². The second-order valence-electron chi connectivity index (χ2n) is 5.90. The van der Waals surface area contributed by atoms with Crippen LogP contribution in [0.1, 0.15) is 28.3 Å². The van der Waals surface area contributed by atoms with Gasteiger partial charge in [0.1, 0.15) is 0 Å². The van der Waals surface area contributed by atoms with Crippen LogP contribution >= 0.6 is 0 Å². The van der Waals surface area contributed by atoms with Crippen LogP contribution in [0.3, 0.4) is 0 Å². The third-order valence-corrected chi connectivity index (χ3v) is 5.74. The Balaban J connectivity index is 1.77. The monoisotopic (exact) mass is 341 g/mol. The average molecular weight is 341 g/mol. The molecule has 0 aromatic heterocycles. The molecule has 0 amide bonds. The zero-order chi connectivity index (χ0) is 17.2. The molecule has 2 aromatic rings. The van der Waals surface area contributed by atoms with Crippen molar-refractivity contribution in [2.24, 2.45) is 0 Å². The van der Waals surface area contributed by atoms with E-state index in [2.05, 4.69) is 16.1 Å². The maximum Gasteiger partial charge on any atom is 0.240 e. The van der Waals surface area contributed by atoms with Gasteiger partial charge in [-0.05, 0) is 54.8 Å². The molecule has 124 valence electrons. The van der Waals surface area contributed by atoms with E-state index < -0.39 is 10.0 Å². The molecule has 0 radical (unpaired) electrons. The summed E-state index contributed by atoms with van der Waals surface area (Å²) in [5, 5.41) is 12.3. The van der Waals surface area contributed by atoms with Crippen molar-refractivity contribution in [1.82, 2.24) is 10.0 Å². The summed E-state index contributed by atoms with van der Waals surface area (Å²) in [7, 11) is -3.61. The smallest absolute Gasteiger partial charge is 0.240 e. The van der Waals surface area contributed by atoms with E-state index in [9.17, 15) is 8.42 Å². The zero-order valence-corrected chi connectivity index (χ0v) is 14.2. The number of aryl methyl sites for hydroxylation is 1. The number of hydrogen-bond donors (Lipinski definition) is 2. The highest BCUT2D eigenvalue weighted by Gasteiger charge is 2.22. The van der Waals surface area contributed by atoms with Gasteiger partial charge in [0.05, 0.1) is 16.5 Å². The number of hydrogen-bond acceptors (Lipinski definition) is 4. The molecule has 0 bridgehead atoms. The van der Waals surface area contributed by atoms with Crippen LogP contribution in [0.2, 0.25) is 0 Å². The molecule has 1 aliphatic heterocycles. The van der Waals surface area contributed by atoms with E-state index in [1.165, 1.54) is 23.8 Å². The largest absolute Gasteiger partial charge is 0.308 e. The van der Waals surface area contributed by atoms with Crippen molar-refractivity contribution in [3.63, 3.8) is 0 Å². The van der Waals surface area contributed by atoms with Crippen LogP contribution < -0.4 is 10.0 Å². The minimum Gasteiger partial charge on any atom is -0.308 e. The Morgan fingerprint density at radius 1 is 1.29 bits per heavy atom. The molecule has 3 rings (SSSR count). The van der Waals surface area contributed by atoms with Crippen LogP contribution in [0, 0.1) is 18.3 Å². The van der Waals surface area contributed by atoms with Gasteiger partial charge in [-0.15, -0.1) is 0 Å². The Bertz CT molecular complexity index is 901. The Hall–Kier alpha value is -2.20. The molecular formula is C18H19N3O2S. The normalized spacial score (nSPS) is 17.1. The summed E-state index contributed by atoms with van der Waals surface area (Å²) in [6.45, 7) is 2.86. The summed E-state index contributed by atoms with van der Waals surface area (Å²) in [5.41, 5.74) is 3.54. The van der Waals surface area contributed by atoms with Gasteiger partial charge in [-0.25, -0.2) is 13.1 Å². The number of rotatable bonds is 4. The fourth-order valence-corrected chi connectivity index (χ4v) is 4.11. The minimum atomic E-state index is -3.61. The van der Waals surface area contributed by atoms with Crippen LogP contribution in [-0.4, -0.2) is 21.5 Å². The van der Waals surface area contributed by atoms with E-state index in [0.29, 0.717) is 17.7 Å². The Labute approximate surface area is 142 Å². The first kappa shape index (κ1) is 16.7. The third kappa shape index (κ3) is 3.34. The van der Waals surface area contributed by atoms with Gasteiger partial charge in [0, 0.05) is 12.6 Å². The summed E-state index contributed by atoms with van der Waals surface area (Å²) in [6.07, 6.45) is 0.953. The second kappa shape index (κ2) is 6.73. The Morgan fingerprint density at radius 2 is 2.08 bits per heavy atom. The van der Waals surface area contributed by atoms with E-state index in [-0.39, 0.29) is 10.9 Å². The molecule has 5 nitrogen and oxygen atoms in total. The first-order chi connectivity index (χ1) is 11.5. The Kier molecular flexibility index (Phi) is 4.67. The number of nitrogens with one attached hydrogen (secondary N) is 2. The van der Waals surface area contributed by atoms with Gasteiger partial charge in [-0.2, -0.15) is 5.26 Å². The number of sulfonamides is 1. The van der Waals surface area contributed by atoms with Crippen molar-refractivity contribution in [2.45, 2.75) is 24.3 Å². The van der Waals surface area contributed by atoms with Crippen LogP contribution in [0.4, 0.5) is 0 Å². The number of fused-ring (bicyclic) bond motifs is 1. The minimum absolute atomic E-state index is 0.0378. The second-order valence-corrected chi connectivity index (χ2v) is 7.66. The van der Waals surface area contributed by atoms with E-state index in [1.54, 1.807) is 6.92 Å². The summed E-state index contributed by atoms with van der Waals surface area (Å²) >= 11 is 0. The summed E-state index contributed by atoms with van der Waals surface area (Å²) in [5.74, 6) is 0. The lowest BCUT2D eigenvalue weighted by atomic mass is 9.95. The summed E-state index contributed by atoms with van der Waals surface area (Å²) < 4.78 is 27.7. The van der Waals surface area contributed by atoms with Crippen molar-refractivity contribution in [3.05, 3.63) is 64.7 Å². The van der Waals surface area contributed by atoms with Crippen LogP contribution in [0.15, 0.2) is 47.4 Å². The fraction of sp³-hybridized carbons (Fsp3) is 0.278. The molecule has 0 fully saturated rings. The van der Waals surface area contributed by atoms with Gasteiger partial charge in [-0.3, -0.25) is 0 Å². The lowest BCUT2D eigenvalue weighted by Crippen LogP contribution is -2.38. The van der Waals surface area contributed by atoms with Gasteiger partial charge < -0.3 is 5.32 Å². The lowest BCUT2D eigenvalue weighted by molar-refractivity contribution is 0.491. The molecule has 1 unspecified atom stereocenters. The number of benzene rings is 2. The molecule has 24 heavy (non-hydrogen) atoms. The number of nitriles is 1. The van der Waals surface area contributed by atoms with E-state index in [1.807, 2.05) is 24.3 Å². The predicted octanol–water partition coefficient (Wildman–Crippen LogP) is 2.03. The third-order valence-electron chi connectivity index (χ3n) is 4.32. The molecule has 0 spiro atoms. The van der Waals surface area contributed by atoms with Crippen molar-refractivity contribution in [2.75, 3.05) is 13.1 Å². The van der Waals surface area contributed by atoms with Gasteiger partial charge in [0.2, 0.25) is 10.0 Å². The number of nitrogens with zero attached hydrogens (tertiary/aromatic N) is 1. The van der Waals surface area contributed by atoms with Crippen LogP contribution in [0.25, 0.3) is 0 Å². The predicted molar refractivity (Wildman–Crippen MR) is 92.0 cm³/mol. The lowest BCUT2D eigenvalue weighted by Gasteiger charge is -2.27. The van der Waals surface area contributed by atoms with Crippen LogP contribution in [-0.2, 0) is 16.4 Å². The van der Waals surface area contributed by atoms with E-state index >= 15 is 0 Å². The van der Waals surface area contributed by atoms with Crippen molar-refractivity contribution >= 4 is 10.0 Å². The summed E-state index contributed by atoms with van der Waals surface area (Å²) in [4.78, 5) is 0.183. The molecule has 0 saturated heterocycles. The molecule has 1 aliphatic rings. The van der Waals surface area contributed by atoms with Gasteiger partial charge in [0.15, 0.2) is 0 Å². The van der Waals surface area contributed by atoms with Crippen molar-refractivity contribution in [3.8, 4) is 6.07 Å². The quantitative estimate of drug-likeness (QED) is 0.891. The SMILES string of the molecule is Cc1cc(S(=O)(=O)NCC2NCCc3ccccc32)ccc1C#N. The molecule has 2 N–H and O–H groups in total. The molecule has 6 heteroatoms. The zero-order valence-electron chi connectivity index (χ0n) is 13.4. The van der Waals surface area contributed by atoms with E-state index in [4.69, 9.17) is 5.26 Å². The highest BCUT2D eigenvalue weighted by Crippen LogP contribution is 2.22. The molecule has 0 aliphatic carbocycles. The maximum atomic E-state index is 12.5. The molecule has 2 aromatic carbocycles. The topological polar surface area (TPSA) is 82.0 Å². The molecule has 1 heterocycles. The molecule has 0 saturated carbocycles. The first-order valence-corrected chi connectivity index (χ1v) is 9.31. The highest BCUT2D eigenvalue weighted by molar-refractivity contribution is 7.89. The van der Waals surface area contributed by atoms with Crippen molar-refractivity contribution in [1.29, 1.82) is 5.26 Å². The molecule has 1 atom stereocenters. The van der Waals surface area contributed by atoms with Crippen molar-refractivity contribution < 1.29 is 8.42 Å². The highest BCUT2D eigenvalue weighted by atomic mass is 32.2.